The molecule has 3 aromatic rings. The van der Waals surface area contributed by atoms with Crippen LogP contribution in [0.5, 0.6) is 17.2 Å². The van der Waals surface area contributed by atoms with E-state index in [4.69, 9.17) is 10.00 Å². The molecule has 3 aromatic carbocycles. The number of halogens is 1. The molecule has 0 saturated carbocycles. The zero-order valence-electron chi connectivity index (χ0n) is 10.9. The van der Waals surface area contributed by atoms with Gasteiger partial charge in [0.2, 0.25) is 0 Å². The summed E-state index contributed by atoms with van der Waals surface area (Å²) in [5.74, 6) is -0.0933. The molecule has 4 heteroatoms. The third-order valence-electron chi connectivity index (χ3n) is 3.11. The second kappa shape index (κ2) is 5.14. The van der Waals surface area contributed by atoms with Gasteiger partial charge in [-0.05, 0) is 41.8 Å². The van der Waals surface area contributed by atoms with Crippen LogP contribution in [0.1, 0.15) is 5.56 Å². The van der Waals surface area contributed by atoms with Gasteiger partial charge in [0, 0.05) is 11.5 Å². The number of hydrogen-bond acceptors (Lipinski definition) is 3. The number of hydrogen-bond donors (Lipinski definition) is 1. The van der Waals surface area contributed by atoms with Crippen molar-refractivity contribution in [3.05, 3.63) is 66.0 Å². The van der Waals surface area contributed by atoms with Crippen LogP contribution in [0.2, 0.25) is 0 Å². The first-order valence-electron chi connectivity index (χ1n) is 6.26. The minimum atomic E-state index is -0.531. The normalized spacial score (nSPS) is 10.3. The zero-order valence-corrected chi connectivity index (χ0v) is 10.9. The summed E-state index contributed by atoms with van der Waals surface area (Å²) in [5, 5.41) is 20.3. The van der Waals surface area contributed by atoms with Gasteiger partial charge in [-0.3, -0.25) is 0 Å². The van der Waals surface area contributed by atoms with Gasteiger partial charge < -0.3 is 9.84 Å². The number of aromatic hydroxyl groups is 1. The SMILES string of the molecule is N#Cc1ccc2c(Oc3ccc(F)cc3O)cccc2c1. The third kappa shape index (κ3) is 2.49. The van der Waals surface area contributed by atoms with E-state index in [-0.39, 0.29) is 11.5 Å². The minimum Gasteiger partial charge on any atom is -0.504 e. The molecule has 0 aromatic heterocycles. The van der Waals surface area contributed by atoms with Gasteiger partial charge in [-0.1, -0.05) is 12.1 Å². The Bertz CT molecular complexity index is 868. The van der Waals surface area contributed by atoms with Crippen molar-refractivity contribution in [2.24, 2.45) is 0 Å². The largest absolute Gasteiger partial charge is 0.504 e. The molecule has 0 radical (unpaired) electrons. The second-order valence-corrected chi connectivity index (χ2v) is 4.52. The zero-order chi connectivity index (χ0) is 14.8. The number of phenolic OH excluding ortho intramolecular Hbond substituents is 1. The van der Waals surface area contributed by atoms with Gasteiger partial charge >= 0.3 is 0 Å². The highest BCUT2D eigenvalue weighted by Gasteiger charge is 2.08. The molecule has 3 rings (SSSR count). The number of benzene rings is 3. The monoisotopic (exact) mass is 279 g/mol. The van der Waals surface area contributed by atoms with E-state index in [2.05, 4.69) is 6.07 Å². The Hall–Kier alpha value is -3.06. The highest BCUT2D eigenvalue weighted by Crippen LogP contribution is 2.35. The maximum Gasteiger partial charge on any atom is 0.169 e. The Balaban J connectivity index is 2.06. The van der Waals surface area contributed by atoms with Crippen LogP contribution in [-0.2, 0) is 0 Å². The first kappa shape index (κ1) is 12.9. The minimum absolute atomic E-state index is 0.174. The lowest BCUT2D eigenvalue weighted by Gasteiger charge is -2.10. The Kier molecular flexibility index (Phi) is 3.17. The van der Waals surface area contributed by atoms with Crippen molar-refractivity contribution >= 4 is 10.8 Å². The predicted octanol–water partition coefficient (Wildman–Crippen LogP) is 4.35. The van der Waals surface area contributed by atoms with Crippen molar-refractivity contribution in [3.8, 4) is 23.3 Å². The van der Waals surface area contributed by atoms with E-state index in [1.54, 1.807) is 30.3 Å². The van der Waals surface area contributed by atoms with Gasteiger partial charge in [-0.25, -0.2) is 4.39 Å². The first-order chi connectivity index (χ1) is 10.2. The fraction of sp³-hybridized carbons (Fsp3) is 0. The van der Waals surface area contributed by atoms with Gasteiger partial charge in [0.05, 0.1) is 11.6 Å². The predicted molar refractivity (Wildman–Crippen MR) is 76.8 cm³/mol. The average molecular weight is 279 g/mol. The molecule has 0 atom stereocenters. The molecule has 0 aliphatic carbocycles. The van der Waals surface area contributed by atoms with E-state index in [1.807, 2.05) is 6.07 Å². The van der Waals surface area contributed by atoms with E-state index in [9.17, 15) is 9.50 Å². The van der Waals surface area contributed by atoms with Crippen LogP contribution < -0.4 is 4.74 Å². The third-order valence-corrected chi connectivity index (χ3v) is 3.11. The van der Waals surface area contributed by atoms with E-state index >= 15 is 0 Å². The highest BCUT2D eigenvalue weighted by atomic mass is 19.1. The topological polar surface area (TPSA) is 53.2 Å². The van der Waals surface area contributed by atoms with Crippen LogP contribution in [0.4, 0.5) is 4.39 Å². The summed E-state index contributed by atoms with van der Waals surface area (Å²) < 4.78 is 18.6. The van der Waals surface area contributed by atoms with Gasteiger partial charge in [-0.2, -0.15) is 5.26 Å². The second-order valence-electron chi connectivity index (χ2n) is 4.52. The van der Waals surface area contributed by atoms with E-state index in [1.165, 1.54) is 12.1 Å². The van der Waals surface area contributed by atoms with E-state index in [0.29, 0.717) is 11.3 Å². The fourth-order valence-electron chi connectivity index (χ4n) is 2.11. The molecule has 0 saturated heterocycles. The Morgan fingerprint density at radius 1 is 1.00 bits per heavy atom. The summed E-state index contributed by atoms with van der Waals surface area (Å²) in [6.45, 7) is 0. The number of nitrogens with zero attached hydrogens (tertiary/aromatic N) is 1. The molecule has 102 valence electrons. The van der Waals surface area contributed by atoms with Crippen LogP contribution in [-0.4, -0.2) is 5.11 Å². The van der Waals surface area contributed by atoms with Crippen molar-refractivity contribution in [1.82, 2.24) is 0 Å². The molecule has 0 fully saturated rings. The van der Waals surface area contributed by atoms with E-state index < -0.39 is 5.82 Å². The smallest absolute Gasteiger partial charge is 0.169 e. The molecule has 0 bridgehead atoms. The maximum absolute atomic E-state index is 13.0. The molecule has 1 N–H and O–H groups in total. The lowest BCUT2D eigenvalue weighted by atomic mass is 10.1. The van der Waals surface area contributed by atoms with Gasteiger partial charge in [-0.15, -0.1) is 0 Å². The van der Waals surface area contributed by atoms with Gasteiger partial charge in [0.15, 0.2) is 11.5 Å². The molecule has 0 amide bonds. The Morgan fingerprint density at radius 2 is 1.86 bits per heavy atom. The number of phenols is 1. The van der Waals surface area contributed by atoms with Crippen LogP contribution >= 0.6 is 0 Å². The van der Waals surface area contributed by atoms with Gasteiger partial charge in [0.1, 0.15) is 11.6 Å². The summed E-state index contributed by atoms with van der Waals surface area (Å²) >= 11 is 0. The van der Waals surface area contributed by atoms with Crippen LogP contribution in [0.3, 0.4) is 0 Å². The van der Waals surface area contributed by atoms with Crippen LogP contribution in [0.25, 0.3) is 10.8 Å². The highest BCUT2D eigenvalue weighted by molar-refractivity contribution is 5.89. The lowest BCUT2D eigenvalue weighted by molar-refractivity contribution is 0.409. The summed E-state index contributed by atoms with van der Waals surface area (Å²) in [5.41, 5.74) is 0.560. The first-order valence-corrected chi connectivity index (χ1v) is 6.26. The van der Waals surface area contributed by atoms with E-state index in [0.717, 1.165) is 16.8 Å². The molecular formula is C17H10FNO2. The van der Waals surface area contributed by atoms with Crippen LogP contribution in [0.15, 0.2) is 54.6 Å². The van der Waals surface area contributed by atoms with Crippen molar-refractivity contribution in [2.75, 3.05) is 0 Å². The van der Waals surface area contributed by atoms with Crippen molar-refractivity contribution in [3.63, 3.8) is 0 Å². The quantitative estimate of drug-likeness (QED) is 0.758. The molecule has 0 unspecified atom stereocenters. The summed E-state index contributed by atoms with van der Waals surface area (Å²) in [6, 6.07) is 16.3. The number of rotatable bonds is 2. The number of fused-ring (bicyclic) bond motifs is 1. The molecular weight excluding hydrogens is 269 g/mol. The fourth-order valence-corrected chi connectivity index (χ4v) is 2.11. The molecule has 0 aliphatic rings. The number of ether oxygens (including phenoxy) is 1. The van der Waals surface area contributed by atoms with Crippen molar-refractivity contribution in [2.45, 2.75) is 0 Å². The Labute approximate surface area is 120 Å². The summed E-state index contributed by atoms with van der Waals surface area (Å²) in [7, 11) is 0. The van der Waals surface area contributed by atoms with Crippen molar-refractivity contribution in [1.29, 1.82) is 5.26 Å². The summed E-state index contributed by atoms with van der Waals surface area (Å²) in [6.07, 6.45) is 0. The Morgan fingerprint density at radius 3 is 2.62 bits per heavy atom. The molecule has 3 nitrogen and oxygen atoms in total. The standard InChI is InChI=1S/C17H10FNO2/c18-13-5-7-17(15(20)9-13)21-16-3-1-2-12-8-11(10-19)4-6-14(12)16/h1-9,20H. The lowest BCUT2D eigenvalue weighted by Crippen LogP contribution is -1.88. The number of nitriles is 1. The molecule has 0 heterocycles. The summed E-state index contributed by atoms with van der Waals surface area (Å²) in [4.78, 5) is 0. The van der Waals surface area contributed by atoms with Gasteiger partial charge in [0.25, 0.3) is 0 Å². The maximum atomic E-state index is 13.0. The molecule has 21 heavy (non-hydrogen) atoms. The molecule has 0 spiro atoms. The average Bonchev–Trinajstić information content (AvgIpc) is 2.49. The molecule has 0 aliphatic heterocycles. The van der Waals surface area contributed by atoms with Crippen LogP contribution in [0, 0.1) is 17.1 Å². The van der Waals surface area contributed by atoms with Crippen molar-refractivity contribution < 1.29 is 14.2 Å².